The molecule has 19 heavy (non-hydrogen) atoms. The third-order valence-corrected chi connectivity index (χ3v) is 2.63. The fourth-order valence-corrected chi connectivity index (χ4v) is 1.62. The highest BCUT2D eigenvalue weighted by Crippen LogP contribution is 2.17. The Hall–Kier alpha value is -2.56. The van der Waals surface area contributed by atoms with E-state index in [1.165, 1.54) is 18.2 Å². The monoisotopic (exact) mass is 261 g/mol. The van der Waals surface area contributed by atoms with Crippen molar-refractivity contribution < 1.29 is 19.4 Å². The number of phenolic OH excluding ortho intramolecular Hbond substituents is 2. The van der Waals surface area contributed by atoms with Crippen molar-refractivity contribution >= 4 is 5.91 Å². The van der Waals surface area contributed by atoms with Crippen molar-refractivity contribution in [1.29, 1.82) is 0 Å². The maximum absolute atomic E-state index is 13.4. The van der Waals surface area contributed by atoms with Crippen LogP contribution in [0.4, 0.5) is 4.39 Å². The average molecular weight is 261 g/mol. The van der Waals surface area contributed by atoms with Crippen LogP contribution in [-0.4, -0.2) is 16.1 Å². The Morgan fingerprint density at radius 2 is 1.89 bits per heavy atom. The van der Waals surface area contributed by atoms with Crippen LogP contribution in [0.3, 0.4) is 0 Å². The van der Waals surface area contributed by atoms with Crippen molar-refractivity contribution in [3.8, 4) is 11.5 Å². The van der Waals surface area contributed by atoms with Gasteiger partial charge in [-0.2, -0.15) is 0 Å². The summed E-state index contributed by atoms with van der Waals surface area (Å²) in [6.45, 7) is 0.0891. The van der Waals surface area contributed by atoms with Crippen molar-refractivity contribution in [2.45, 2.75) is 6.54 Å². The Balaban J connectivity index is 2.08. The van der Waals surface area contributed by atoms with Crippen molar-refractivity contribution in [3.05, 3.63) is 59.4 Å². The van der Waals surface area contributed by atoms with Crippen LogP contribution in [0.5, 0.6) is 11.5 Å². The van der Waals surface area contributed by atoms with Gasteiger partial charge >= 0.3 is 0 Å². The van der Waals surface area contributed by atoms with E-state index in [1.807, 2.05) is 0 Å². The Kier molecular flexibility index (Phi) is 3.66. The van der Waals surface area contributed by atoms with Gasteiger partial charge in [-0.1, -0.05) is 18.2 Å². The molecular weight excluding hydrogens is 249 g/mol. The normalized spacial score (nSPS) is 10.2. The number of halogens is 1. The number of para-hydroxylation sites is 1. The molecule has 0 bridgehead atoms. The van der Waals surface area contributed by atoms with Crippen molar-refractivity contribution in [2.75, 3.05) is 0 Å². The fourth-order valence-electron chi connectivity index (χ4n) is 1.62. The summed E-state index contributed by atoms with van der Waals surface area (Å²) in [6.07, 6.45) is 0. The van der Waals surface area contributed by atoms with E-state index >= 15 is 0 Å². The maximum atomic E-state index is 13.4. The molecule has 0 spiro atoms. The summed E-state index contributed by atoms with van der Waals surface area (Å²) < 4.78 is 13.4. The second-order valence-electron chi connectivity index (χ2n) is 3.98. The fraction of sp³-hybridized carbons (Fsp3) is 0.0714. The maximum Gasteiger partial charge on any atom is 0.254 e. The molecule has 5 heteroatoms. The topological polar surface area (TPSA) is 69.6 Å². The molecule has 2 aromatic rings. The highest BCUT2D eigenvalue weighted by Gasteiger charge is 2.12. The summed E-state index contributed by atoms with van der Waals surface area (Å²) in [5.41, 5.74) is 0.378. The quantitative estimate of drug-likeness (QED) is 0.793. The molecule has 0 unspecified atom stereocenters. The molecule has 0 heterocycles. The molecule has 2 rings (SSSR count). The number of carbonyl (C=O) groups is 1. The zero-order chi connectivity index (χ0) is 13.8. The van der Waals surface area contributed by atoms with Gasteiger partial charge in [0.2, 0.25) is 0 Å². The van der Waals surface area contributed by atoms with Crippen LogP contribution in [0, 0.1) is 5.82 Å². The molecule has 0 aliphatic rings. The minimum Gasteiger partial charge on any atom is -0.508 e. The van der Waals surface area contributed by atoms with E-state index < -0.39 is 11.7 Å². The van der Waals surface area contributed by atoms with Gasteiger partial charge in [0.05, 0.1) is 5.56 Å². The smallest absolute Gasteiger partial charge is 0.254 e. The van der Waals surface area contributed by atoms with Crippen LogP contribution in [0.1, 0.15) is 15.9 Å². The highest BCUT2D eigenvalue weighted by atomic mass is 19.1. The molecule has 0 aliphatic heterocycles. The summed E-state index contributed by atoms with van der Waals surface area (Å²) in [6, 6.07) is 9.85. The standard InChI is InChI=1S/C14H12FNO3/c15-12-7-10(17)5-6-11(12)14(19)16-8-9-3-1-2-4-13(9)18/h1-7,17-18H,8H2,(H,16,19). The number of amides is 1. The third-order valence-electron chi connectivity index (χ3n) is 2.63. The third kappa shape index (κ3) is 3.01. The van der Waals surface area contributed by atoms with Crippen LogP contribution in [0.25, 0.3) is 0 Å². The predicted molar refractivity (Wildman–Crippen MR) is 67.3 cm³/mol. The van der Waals surface area contributed by atoms with E-state index in [4.69, 9.17) is 5.11 Å². The first-order chi connectivity index (χ1) is 9.08. The predicted octanol–water partition coefficient (Wildman–Crippen LogP) is 2.17. The number of phenols is 2. The number of rotatable bonds is 3. The van der Waals surface area contributed by atoms with Crippen LogP contribution in [-0.2, 0) is 6.54 Å². The molecule has 3 N–H and O–H groups in total. The first-order valence-electron chi connectivity index (χ1n) is 5.61. The number of aromatic hydroxyl groups is 2. The van der Waals surface area contributed by atoms with Crippen LogP contribution in [0.15, 0.2) is 42.5 Å². The first kappa shape index (κ1) is 12.9. The van der Waals surface area contributed by atoms with E-state index in [0.29, 0.717) is 5.56 Å². The second kappa shape index (κ2) is 5.39. The Bertz CT molecular complexity index is 613. The number of nitrogens with one attached hydrogen (secondary N) is 1. The molecule has 0 aliphatic carbocycles. The van der Waals surface area contributed by atoms with Gasteiger partial charge in [0.15, 0.2) is 0 Å². The van der Waals surface area contributed by atoms with Gasteiger partial charge < -0.3 is 15.5 Å². The van der Waals surface area contributed by atoms with Crippen molar-refractivity contribution in [1.82, 2.24) is 5.32 Å². The summed E-state index contributed by atoms with van der Waals surface area (Å²) >= 11 is 0. The van der Waals surface area contributed by atoms with E-state index in [0.717, 1.165) is 6.07 Å². The van der Waals surface area contributed by atoms with E-state index in [9.17, 15) is 14.3 Å². The van der Waals surface area contributed by atoms with Crippen LogP contribution < -0.4 is 5.32 Å². The number of hydrogen-bond acceptors (Lipinski definition) is 3. The van der Waals surface area contributed by atoms with Crippen molar-refractivity contribution in [3.63, 3.8) is 0 Å². The molecule has 0 saturated heterocycles. The van der Waals surface area contributed by atoms with Gasteiger partial charge in [-0.25, -0.2) is 4.39 Å². The number of carbonyl (C=O) groups excluding carboxylic acids is 1. The minimum atomic E-state index is -0.796. The summed E-state index contributed by atoms with van der Waals surface area (Å²) in [7, 11) is 0. The molecule has 0 aromatic heterocycles. The van der Waals surface area contributed by atoms with Gasteiger partial charge in [-0.05, 0) is 18.2 Å². The molecule has 1 amide bonds. The SMILES string of the molecule is O=C(NCc1ccccc1O)c1ccc(O)cc1F. The minimum absolute atomic E-state index is 0.0639. The molecule has 0 saturated carbocycles. The van der Waals surface area contributed by atoms with Crippen molar-refractivity contribution in [2.24, 2.45) is 0 Å². The Morgan fingerprint density at radius 1 is 1.16 bits per heavy atom. The van der Waals surface area contributed by atoms with E-state index in [-0.39, 0.29) is 23.6 Å². The second-order valence-corrected chi connectivity index (χ2v) is 3.98. The largest absolute Gasteiger partial charge is 0.508 e. The lowest BCUT2D eigenvalue weighted by atomic mass is 10.1. The molecule has 4 nitrogen and oxygen atoms in total. The summed E-state index contributed by atoms with van der Waals surface area (Å²) in [4.78, 5) is 11.7. The molecule has 0 radical (unpaired) electrons. The zero-order valence-corrected chi connectivity index (χ0v) is 9.93. The van der Waals surface area contributed by atoms with Gasteiger partial charge in [0, 0.05) is 18.2 Å². The van der Waals surface area contributed by atoms with Crippen LogP contribution >= 0.6 is 0 Å². The summed E-state index contributed by atoms with van der Waals surface area (Å²) in [5.74, 6) is -1.58. The molecule has 98 valence electrons. The number of hydrogen-bond donors (Lipinski definition) is 3. The lowest BCUT2D eigenvalue weighted by Gasteiger charge is -2.07. The molecular formula is C14H12FNO3. The van der Waals surface area contributed by atoms with Crippen LogP contribution in [0.2, 0.25) is 0 Å². The average Bonchev–Trinajstić information content (AvgIpc) is 2.37. The first-order valence-corrected chi connectivity index (χ1v) is 5.61. The Morgan fingerprint density at radius 3 is 2.58 bits per heavy atom. The molecule has 2 aromatic carbocycles. The summed E-state index contributed by atoms with van der Waals surface area (Å²) in [5, 5.41) is 21.1. The van der Waals surface area contributed by atoms with Gasteiger partial charge in [0.25, 0.3) is 5.91 Å². The van der Waals surface area contributed by atoms with E-state index in [1.54, 1.807) is 18.2 Å². The highest BCUT2D eigenvalue weighted by molar-refractivity contribution is 5.94. The number of benzene rings is 2. The molecule has 0 atom stereocenters. The van der Waals surface area contributed by atoms with Gasteiger partial charge in [-0.15, -0.1) is 0 Å². The van der Waals surface area contributed by atoms with Gasteiger partial charge in [-0.3, -0.25) is 4.79 Å². The lowest BCUT2D eigenvalue weighted by molar-refractivity contribution is 0.0946. The molecule has 0 fully saturated rings. The lowest BCUT2D eigenvalue weighted by Crippen LogP contribution is -2.23. The zero-order valence-electron chi connectivity index (χ0n) is 9.93. The van der Waals surface area contributed by atoms with Gasteiger partial charge in [0.1, 0.15) is 17.3 Å². The van der Waals surface area contributed by atoms with E-state index in [2.05, 4.69) is 5.32 Å². The Labute approximate surface area is 109 Å².